The van der Waals surface area contributed by atoms with Crippen LogP contribution < -0.4 is 16.6 Å². The number of likely N-dealkylation sites (N-methyl/N-ethyl adjacent to an activating group) is 1. The molecule has 0 radical (unpaired) electrons. The second kappa shape index (κ2) is 6.51. The van der Waals surface area contributed by atoms with Crippen LogP contribution in [0.2, 0.25) is 0 Å². The third kappa shape index (κ3) is 4.14. The van der Waals surface area contributed by atoms with Gasteiger partial charge in [-0.1, -0.05) is 0 Å². The van der Waals surface area contributed by atoms with Gasteiger partial charge in [0.05, 0.1) is 4.92 Å². The molecule has 1 rings (SSSR count). The summed E-state index contributed by atoms with van der Waals surface area (Å²) in [7, 11) is 3.83. The molecule has 4 N–H and O–H groups in total. The number of carbonyl (C=O) groups excluding carboxylic acids is 1. The number of anilines is 1. The van der Waals surface area contributed by atoms with Gasteiger partial charge in [0.15, 0.2) is 0 Å². The smallest absolute Gasteiger partial charge is 0.294 e. The Balaban J connectivity index is 2.89. The molecular weight excluding hydrogens is 274 g/mol. The van der Waals surface area contributed by atoms with Crippen molar-refractivity contribution in [3.8, 4) is 0 Å². The summed E-state index contributed by atoms with van der Waals surface area (Å²) in [5.41, 5.74) is 2.15. The minimum absolute atomic E-state index is 0.158. The molecule has 0 spiro atoms. The monoisotopic (exact) mass is 295 g/mol. The first-order valence-electron chi connectivity index (χ1n) is 6.39. The second-order valence-corrected chi connectivity index (χ2v) is 5.52. The van der Waals surface area contributed by atoms with Gasteiger partial charge in [-0.25, -0.2) is 0 Å². The highest BCUT2D eigenvalue weighted by molar-refractivity contribution is 5.95. The van der Waals surface area contributed by atoms with Gasteiger partial charge in [0.2, 0.25) is 0 Å². The van der Waals surface area contributed by atoms with Gasteiger partial charge in [-0.2, -0.15) is 0 Å². The highest BCUT2D eigenvalue weighted by Crippen LogP contribution is 2.24. The van der Waals surface area contributed by atoms with Crippen molar-refractivity contribution in [2.24, 2.45) is 5.84 Å². The van der Waals surface area contributed by atoms with E-state index in [9.17, 15) is 14.9 Å². The molecule has 0 saturated heterocycles. The zero-order valence-electron chi connectivity index (χ0n) is 12.6. The Kier molecular flexibility index (Phi) is 5.23. The van der Waals surface area contributed by atoms with E-state index in [1.54, 1.807) is 0 Å². The Morgan fingerprint density at radius 3 is 2.52 bits per heavy atom. The van der Waals surface area contributed by atoms with Crippen LogP contribution in [0.25, 0.3) is 0 Å². The minimum atomic E-state index is -0.588. The summed E-state index contributed by atoms with van der Waals surface area (Å²) < 4.78 is 0. The molecule has 21 heavy (non-hydrogen) atoms. The van der Waals surface area contributed by atoms with E-state index in [1.807, 2.05) is 32.8 Å². The van der Waals surface area contributed by atoms with E-state index in [0.717, 1.165) is 0 Å². The van der Waals surface area contributed by atoms with Crippen LogP contribution >= 0.6 is 0 Å². The number of nitrogens with zero attached hydrogens (tertiary/aromatic N) is 2. The van der Waals surface area contributed by atoms with Crippen LogP contribution in [0.5, 0.6) is 0 Å². The maximum Gasteiger partial charge on any atom is 0.294 e. The Morgan fingerprint density at radius 2 is 2.05 bits per heavy atom. The van der Waals surface area contributed by atoms with Crippen LogP contribution in [-0.2, 0) is 0 Å². The quantitative estimate of drug-likeness (QED) is 0.409. The molecule has 8 nitrogen and oxygen atoms in total. The largest absolute Gasteiger partial charge is 0.350 e. The van der Waals surface area contributed by atoms with E-state index in [1.165, 1.54) is 18.2 Å². The van der Waals surface area contributed by atoms with Crippen LogP contribution in [0.15, 0.2) is 18.2 Å². The number of nitrogens with one attached hydrogen (secondary N) is 2. The SMILES string of the molecule is CN(C)C(C)(C)CNC(=O)c1ccc(NN)c([N+](=O)[O-])c1. The fraction of sp³-hybridized carbons (Fsp3) is 0.462. The summed E-state index contributed by atoms with van der Waals surface area (Å²) in [4.78, 5) is 24.4. The highest BCUT2D eigenvalue weighted by Gasteiger charge is 2.22. The van der Waals surface area contributed by atoms with Crippen molar-refractivity contribution >= 4 is 17.3 Å². The first-order valence-corrected chi connectivity index (χ1v) is 6.39. The van der Waals surface area contributed by atoms with Crippen molar-refractivity contribution in [3.05, 3.63) is 33.9 Å². The molecule has 1 amide bonds. The van der Waals surface area contributed by atoms with Crippen molar-refractivity contribution in [3.63, 3.8) is 0 Å². The highest BCUT2D eigenvalue weighted by atomic mass is 16.6. The molecule has 0 bridgehead atoms. The maximum absolute atomic E-state index is 12.1. The molecule has 0 saturated carbocycles. The number of amides is 1. The zero-order chi connectivity index (χ0) is 16.2. The Hall–Kier alpha value is -2.19. The molecule has 0 aliphatic heterocycles. The molecule has 0 aliphatic carbocycles. The summed E-state index contributed by atoms with van der Waals surface area (Å²) in [6.07, 6.45) is 0. The van der Waals surface area contributed by atoms with Gasteiger partial charge in [-0.05, 0) is 40.1 Å². The molecule has 0 aromatic heterocycles. The number of hydrogen-bond acceptors (Lipinski definition) is 6. The van der Waals surface area contributed by atoms with Gasteiger partial charge in [-0.3, -0.25) is 20.8 Å². The lowest BCUT2D eigenvalue weighted by Crippen LogP contribution is -2.48. The summed E-state index contributed by atoms with van der Waals surface area (Å²) in [5, 5.41) is 13.7. The van der Waals surface area contributed by atoms with Crippen LogP contribution in [0.4, 0.5) is 11.4 Å². The molecule has 0 unspecified atom stereocenters. The Bertz CT molecular complexity index is 543. The van der Waals surface area contributed by atoms with E-state index in [-0.39, 0.29) is 28.4 Å². The summed E-state index contributed by atoms with van der Waals surface area (Å²) in [6.45, 7) is 4.39. The molecule has 0 heterocycles. The number of nitro benzene ring substituents is 1. The molecule has 8 heteroatoms. The second-order valence-electron chi connectivity index (χ2n) is 5.52. The molecule has 116 valence electrons. The standard InChI is InChI=1S/C13H21N5O3/c1-13(2,17(3)4)8-15-12(19)9-5-6-10(16-14)11(7-9)18(20)21/h5-7,16H,8,14H2,1-4H3,(H,15,19). The van der Waals surface area contributed by atoms with Crippen molar-refractivity contribution in [1.29, 1.82) is 0 Å². The van der Waals surface area contributed by atoms with Crippen LogP contribution in [-0.4, -0.2) is 41.9 Å². The average molecular weight is 295 g/mol. The van der Waals surface area contributed by atoms with E-state index in [0.29, 0.717) is 6.54 Å². The molecule has 0 fully saturated rings. The fourth-order valence-electron chi connectivity index (χ4n) is 1.50. The average Bonchev–Trinajstić information content (AvgIpc) is 2.43. The van der Waals surface area contributed by atoms with Gasteiger partial charge < -0.3 is 15.6 Å². The lowest BCUT2D eigenvalue weighted by Gasteiger charge is -2.32. The number of carbonyl (C=O) groups is 1. The topological polar surface area (TPSA) is 114 Å². The number of nitrogens with two attached hydrogens (primary N) is 1. The van der Waals surface area contributed by atoms with Crippen molar-refractivity contribution < 1.29 is 9.72 Å². The first kappa shape index (κ1) is 16.9. The van der Waals surface area contributed by atoms with Crippen LogP contribution in [0, 0.1) is 10.1 Å². The molecule has 1 aromatic carbocycles. The minimum Gasteiger partial charge on any atom is -0.350 e. The third-order valence-electron chi connectivity index (χ3n) is 3.50. The van der Waals surface area contributed by atoms with Gasteiger partial charge in [-0.15, -0.1) is 0 Å². The van der Waals surface area contributed by atoms with Gasteiger partial charge >= 0.3 is 0 Å². The number of hydrazine groups is 1. The van der Waals surface area contributed by atoms with Crippen molar-refractivity contribution in [1.82, 2.24) is 10.2 Å². The molecule has 0 aliphatic rings. The summed E-state index contributed by atoms with van der Waals surface area (Å²) in [6, 6.07) is 4.09. The van der Waals surface area contributed by atoms with E-state index >= 15 is 0 Å². The van der Waals surface area contributed by atoms with E-state index in [2.05, 4.69) is 10.7 Å². The number of rotatable bonds is 6. The van der Waals surface area contributed by atoms with Crippen molar-refractivity contribution in [2.45, 2.75) is 19.4 Å². The molecule has 1 aromatic rings. The maximum atomic E-state index is 12.1. The fourth-order valence-corrected chi connectivity index (χ4v) is 1.50. The van der Waals surface area contributed by atoms with Crippen LogP contribution in [0.1, 0.15) is 24.2 Å². The number of nitro groups is 1. The third-order valence-corrected chi connectivity index (χ3v) is 3.50. The normalized spacial score (nSPS) is 11.3. The zero-order valence-corrected chi connectivity index (χ0v) is 12.6. The molecular formula is C13H21N5O3. The lowest BCUT2D eigenvalue weighted by molar-refractivity contribution is -0.384. The lowest BCUT2D eigenvalue weighted by atomic mass is 10.0. The summed E-state index contributed by atoms with van der Waals surface area (Å²) in [5.74, 6) is 4.84. The predicted octanol–water partition coefficient (Wildman–Crippen LogP) is 0.950. The Morgan fingerprint density at radius 1 is 1.43 bits per heavy atom. The Labute approximate surface area is 123 Å². The molecule has 0 atom stereocenters. The van der Waals surface area contributed by atoms with Crippen molar-refractivity contribution in [2.75, 3.05) is 26.1 Å². The number of benzene rings is 1. The number of nitrogen functional groups attached to an aromatic ring is 1. The van der Waals surface area contributed by atoms with Gasteiger partial charge in [0.1, 0.15) is 5.69 Å². The first-order chi connectivity index (χ1) is 9.69. The number of hydrogen-bond donors (Lipinski definition) is 3. The predicted molar refractivity (Wildman–Crippen MR) is 81.0 cm³/mol. The van der Waals surface area contributed by atoms with Crippen LogP contribution in [0.3, 0.4) is 0 Å². The van der Waals surface area contributed by atoms with Gasteiger partial charge in [0, 0.05) is 23.7 Å². The van der Waals surface area contributed by atoms with E-state index < -0.39 is 4.92 Å². The van der Waals surface area contributed by atoms with Gasteiger partial charge in [0.25, 0.3) is 11.6 Å². The van der Waals surface area contributed by atoms with E-state index in [4.69, 9.17) is 5.84 Å². The summed E-state index contributed by atoms with van der Waals surface area (Å²) >= 11 is 0.